The summed E-state index contributed by atoms with van der Waals surface area (Å²) in [7, 11) is 1.85. The number of carbonyl (C=O) groups excluding carboxylic acids is 1. The monoisotopic (exact) mass is 204 g/mol. The van der Waals surface area contributed by atoms with Crippen LogP contribution in [0.1, 0.15) is 36.2 Å². The number of fused-ring (bicyclic) bond motifs is 2. The van der Waals surface area contributed by atoms with Crippen molar-refractivity contribution in [1.82, 2.24) is 9.78 Å². The molecule has 15 heavy (non-hydrogen) atoms. The molecule has 0 amide bonds. The van der Waals surface area contributed by atoms with Crippen molar-refractivity contribution in [3.8, 4) is 0 Å². The van der Waals surface area contributed by atoms with Crippen LogP contribution in [0.3, 0.4) is 0 Å². The lowest BCUT2D eigenvalue weighted by atomic mass is 9.84. The Hall–Kier alpha value is -1.12. The van der Waals surface area contributed by atoms with Gasteiger partial charge in [0.1, 0.15) is 5.69 Å². The maximum atomic E-state index is 12.3. The fraction of sp³-hybridized carbons (Fsp3) is 0.667. The van der Waals surface area contributed by atoms with Gasteiger partial charge in [0.25, 0.3) is 0 Å². The van der Waals surface area contributed by atoms with Crippen molar-refractivity contribution < 1.29 is 4.79 Å². The third-order valence-corrected chi connectivity index (χ3v) is 4.15. The Kier molecular flexibility index (Phi) is 1.94. The second-order valence-electron chi connectivity index (χ2n) is 4.99. The Labute approximate surface area is 89.5 Å². The quantitative estimate of drug-likeness (QED) is 0.691. The first-order valence-corrected chi connectivity index (χ1v) is 5.78. The first-order valence-electron chi connectivity index (χ1n) is 5.78. The van der Waals surface area contributed by atoms with Gasteiger partial charge in [0.05, 0.1) is 0 Å². The van der Waals surface area contributed by atoms with Gasteiger partial charge in [-0.2, -0.15) is 5.10 Å². The number of hydrogen-bond acceptors (Lipinski definition) is 2. The maximum absolute atomic E-state index is 12.3. The van der Waals surface area contributed by atoms with E-state index < -0.39 is 0 Å². The molecule has 0 aliphatic heterocycles. The lowest BCUT2D eigenvalue weighted by Crippen LogP contribution is -2.23. The number of aryl methyl sites for hydroxylation is 1. The first-order chi connectivity index (χ1) is 7.25. The smallest absolute Gasteiger partial charge is 0.184 e. The van der Waals surface area contributed by atoms with E-state index in [0.29, 0.717) is 17.6 Å². The van der Waals surface area contributed by atoms with Gasteiger partial charge >= 0.3 is 0 Å². The molecule has 1 heterocycles. The van der Waals surface area contributed by atoms with Gasteiger partial charge in [0.15, 0.2) is 5.78 Å². The van der Waals surface area contributed by atoms with Gasteiger partial charge in [0, 0.05) is 19.2 Å². The first kappa shape index (κ1) is 9.13. The molecule has 2 bridgehead atoms. The number of Topliss-reactive ketones (excluding diaryl/α,β-unsaturated/α-hetero) is 1. The van der Waals surface area contributed by atoms with E-state index in [0.717, 1.165) is 18.0 Å². The predicted octanol–water partition coefficient (Wildman–Crippen LogP) is 2.04. The van der Waals surface area contributed by atoms with Crippen LogP contribution in [0.5, 0.6) is 0 Å². The van der Waals surface area contributed by atoms with Crippen molar-refractivity contribution in [3.05, 3.63) is 18.0 Å². The van der Waals surface area contributed by atoms with Crippen molar-refractivity contribution in [2.75, 3.05) is 0 Å². The summed E-state index contributed by atoms with van der Waals surface area (Å²) in [6.45, 7) is 0. The second-order valence-corrected chi connectivity index (χ2v) is 4.99. The molecule has 0 radical (unpaired) electrons. The van der Waals surface area contributed by atoms with Gasteiger partial charge in [-0.05, 0) is 37.2 Å². The van der Waals surface area contributed by atoms with Crippen molar-refractivity contribution >= 4 is 5.78 Å². The molecule has 1 aromatic heterocycles. The fourth-order valence-electron chi connectivity index (χ4n) is 3.37. The summed E-state index contributed by atoms with van der Waals surface area (Å²) < 4.78 is 1.70. The molecule has 3 rings (SSSR count). The highest BCUT2D eigenvalue weighted by Crippen LogP contribution is 2.49. The summed E-state index contributed by atoms with van der Waals surface area (Å²) in [5.74, 6) is 2.11. The van der Waals surface area contributed by atoms with Gasteiger partial charge in [-0.15, -0.1) is 0 Å². The van der Waals surface area contributed by atoms with Gasteiger partial charge in [0.2, 0.25) is 0 Å². The Bertz CT molecular complexity index is 396. The number of aromatic nitrogens is 2. The number of ketones is 1. The van der Waals surface area contributed by atoms with Crippen LogP contribution < -0.4 is 0 Å². The molecule has 1 aromatic rings. The zero-order valence-electron chi connectivity index (χ0n) is 9.02. The normalized spacial score (nSPS) is 33.5. The minimum atomic E-state index is 0.291. The molecule has 80 valence electrons. The van der Waals surface area contributed by atoms with Crippen LogP contribution in [0, 0.1) is 17.8 Å². The van der Waals surface area contributed by atoms with Crippen LogP contribution in [0.2, 0.25) is 0 Å². The van der Waals surface area contributed by atoms with Crippen molar-refractivity contribution in [1.29, 1.82) is 0 Å². The molecule has 3 unspecified atom stereocenters. The SMILES string of the molecule is Cn1nccc1C(=O)C1CC2CCC1C2. The molecule has 3 heteroatoms. The fourth-order valence-corrected chi connectivity index (χ4v) is 3.37. The molecular formula is C12H16N2O. The number of nitrogens with zero attached hydrogens (tertiary/aromatic N) is 2. The Morgan fingerprint density at radius 1 is 1.47 bits per heavy atom. The highest BCUT2D eigenvalue weighted by molar-refractivity contribution is 5.96. The van der Waals surface area contributed by atoms with Crippen molar-refractivity contribution in [3.63, 3.8) is 0 Å². The second kappa shape index (κ2) is 3.19. The van der Waals surface area contributed by atoms with E-state index in [1.165, 1.54) is 19.3 Å². The van der Waals surface area contributed by atoms with Crippen LogP contribution in [0.25, 0.3) is 0 Å². The van der Waals surface area contributed by atoms with Gasteiger partial charge in [-0.25, -0.2) is 0 Å². The average molecular weight is 204 g/mol. The lowest BCUT2D eigenvalue weighted by Gasteiger charge is -2.19. The van der Waals surface area contributed by atoms with Crippen LogP contribution in [-0.2, 0) is 7.05 Å². The minimum Gasteiger partial charge on any atom is -0.292 e. The van der Waals surface area contributed by atoms with E-state index in [1.807, 2.05) is 13.1 Å². The van der Waals surface area contributed by atoms with Gasteiger partial charge < -0.3 is 0 Å². The van der Waals surface area contributed by atoms with Gasteiger partial charge in [-0.1, -0.05) is 6.42 Å². The van der Waals surface area contributed by atoms with E-state index >= 15 is 0 Å². The molecule has 2 saturated carbocycles. The Balaban J connectivity index is 1.84. The molecule has 0 aromatic carbocycles. The third kappa shape index (κ3) is 1.33. The largest absolute Gasteiger partial charge is 0.292 e. The minimum absolute atomic E-state index is 0.291. The van der Waals surface area contributed by atoms with E-state index in [1.54, 1.807) is 10.9 Å². The highest BCUT2D eigenvalue weighted by atomic mass is 16.1. The Morgan fingerprint density at radius 2 is 2.33 bits per heavy atom. The Morgan fingerprint density at radius 3 is 2.87 bits per heavy atom. The molecule has 2 aliphatic rings. The van der Waals surface area contributed by atoms with E-state index in [9.17, 15) is 4.79 Å². The van der Waals surface area contributed by atoms with Crippen LogP contribution >= 0.6 is 0 Å². The summed E-state index contributed by atoms with van der Waals surface area (Å²) in [5, 5.41) is 4.07. The molecule has 0 spiro atoms. The lowest BCUT2D eigenvalue weighted by molar-refractivity contribution is 0.0865. The molecule has 2 aliphatic carbocycles. The van der Waals surface area contributed by atoms with Crippen LogP contribution in [-0.4, -0.2) is 15.6 Å². The van der Waals surface area contributed by atoms with E-state index in [4.69, 9.17) is 0 Å². The van der Waals surface area contributed by atoms with Crippen molar-refractivity contribution in [2.45, 2.75) is 25.7 Å². The summed E-state index contributed by atoms with van der Waals surface area (Å²) in [4.78, 5) is 12.3. The molecule has 0 N–H and O–H groups in total. The third-order valence-electron chi connectivity index (χ3n) is 4.15. The molecule has 3 atom stereocenters. The average Bonchev–Trinajstić information content (AvgIpc) is 2.91. The van der Waals surface area contributed by atoms with Crippen molar-refractivity contribution in [2.24, 2.45) is 24.8 Å². The topological polar surface area (TPSA) is 34.9 Å². The van der Waals surface area contributed by atoms with Crippen LogP contribution in [0.4, 0.5) is 0 Å². The standard InChI is InChI=1S/C12H16N2O/c1-14-11(4-5-13-14)12(15)10-7-8-2-3-9(10)6-8/h4-5,8-10H,2-3,6-7H2,1H3. The summed E-state index contributed by atoms with van der Waals surface area (Å²) in [6.07, 6.45) is 6.72. The molecule has 2 fully saturated rings. The number of hydrogen-bond donors (Lipinski definition) is 0. The number of rotatable bonds is 2. The zero-order valence-corrected chi connectivity index (χ0v) is 9.02. The summed E-state index contributed by atoms with van der Waals surface area (Å²) in [6, 6.07) is 1.84. The summed E-state index contributed by atoms with van der Waals surface area (Å²) >= 11 is 0. The maximum Gasteiger partial charge on any atom is 0.184 e. The molecule has 3 nitrogen and oxygen atoms in total. The van der Waals surface area contributed by atoms with Crippen LogP contribution in [0.15, 0.2) is 12.3 Å². The van der Waals surface area contributed by atoms with E-state index in [2.05, 4.69) is 5.10 Å². The molecule has 0 saturated heterocycles. The number of carbonyl (C=O) groups is 1. The summed E-state index contributed by atoms with van der Waals surface area (Å²) in [5.41, 5.74) is 0.785. The zero-order chi connectivity index (χ0) is 10.4. The highest BCUT2D eigenvalue weighted by Gasteiger charge is 2.43. The van der Waals surface area contributed by atoms with Gasteiger partial charge in [-0.3, -0.25) is 9.48 Å². The molecular weight excluding hydrogens is 188 g/mol. The predicted molar refractivity (Wildman–Crippen MR) is 56.5 cm³/mol. The van der Waals surface area contributed by atoms with E-state index in [-0.39, 0.29) is 0 Å².